The molecule has 0 aromatic carbocycles. The molecule has 30 heavy (non-hydrogen) atoms. The summed E-state index contributed by atoms with van der Waals surface area (Å²) in [7, 11) is 0. The van der Waals surface area contributed by atoms with E-state index in [4.69, 9.17) is 0 Å². The molecule has 1 aliphatic rings. The third kappa shape index (κ3) is 5.04. The molecule has 0 aliphatic heterocycles. The summed E-state index contributed by atoms with van der Waals surface area (Å²) in [6.45, 7) is 12.8. The Morgan fingerprint density at radius 3 is 2.73 bits per heavy atom. The van der Waals surface area contributed by atoms with Crippen LogP contribution in [0.25, 0.3) is 17.5 Å². The molecule has 2 aromatic heterocycles. The third-order valence-electron chi connectivity index (χ3n) is 5.99. The lowest BCUT2D eigenvalue weighted by molar-refractivity contribution is -0.125. The molecule has 1 aliphatic carbocycles. The van der Waals surface area contributed by atoms with Crippen LogP contribution in [0.1, 0.15) is 63.6 Å². The van der Waals surface area contributed by atoms with Gasteiger partial charge in [-0.05, 0) is 42.7 Å². The summed E-state index contributed by atoms with van der Waals surface area (Å²) in [6.07, 6.45) is 6.66. The van der Waals surface area contributed by atoms with Gasteiger partial charge in [0.25, 0.3) is 0 Å². The molecule has 0 radical (unpaired) electrons. The van der Waals surface area contributed by atoms with Crippen molar-refractivity contribution in [3.8, 4) is 11.4 Å². The van der Waals surface area contributed by atoms with Crippen molar-refractivity contribution in [2.75, 3.05) is 6.61 Å². The van der Waals surface area contributed by atoms with E-state index in [0.29, 0.717) is 6.42 Å². The third-order valence-corrected chi connectivity index (χ3v) is 5.99. The van der Waals surface area contributed by atoms with E-state index >= 15 is 0 Å². The van der Waals surface area contributed by atoms with E-state index in [1.165, 1.54) is 5.56 Å². The number of rotatable bonds is 7. The largest absolute Gasteiger partial charge is 0.394 e. The predicted octanol–water partition coefficient (Wildman–Crippen LogP) is 4.01. The minimum atomic E-state index is -0.238. The number of fused-ring (bicyclic) bond motifs is 1. The Bertz CT molecular complexity index is 914. The molecule has 0 fully saturated rings. The summed E-state index contributed by atoms with van der Waals surface area (Å²) in [5.74, 6) is -0.0889. The first kappa shape index (κ1) is 22.3. The molecule has 0 saturated carbocycles. The molecule has 4 N–H and O–H groups in total. The number of hydrogen-bond donors (Lipinski definition) is 4. The van der Waals surface area contributed by atoms with Crippen LogP contribution in [0.15, 0.2) is 12.1 Å². The Labute approximate surface area is 179 Å². The van der Waals surface area contributed by atoms with Crippen LogP contribution in [-0.2, 0) is 17.6 Å². The van der Waals surface area contributed by atoms with Crippen molar-refractivity contribution < 1.29 is 9.90 Å². The number of aryl methyl sites for hydroxylation is 1. The molecule has 3 rings (SSSR count). The van der Waals surface area contributed by atoms with E-state index in [1.807, 2.05) is 26.0 Å². The van der Waals surface area contributed by atoms with Crippen LogP contribution in [0.5, 0.6) is 0 Å². The number of carbonyl (C=O) groups excluding carboxylic acids is 1. The zero-order valence-electron chi connectivity index (χ0n) is 19.1. The van der Waals surface area contributed by atoms with Crippen molar-refractivity contribution >= 4 is 12.0 Å². The Morgan fingerprint density at radius 2 is 2.10 bits per heavy atom. The van der Waals surface area contributed by atoms with Gasteiger partial charge >= 0.3 is 0 Å². The number of carbonyl (C=O) groups is 1. The summed E-state index contributed by atoms with van der Waals surface area (Å²) in [5.41, 5.74) is 6.76. The summed E-state index contributed by atoms with van der Waals surface area (Å²) < 4.78 is 0. The van der Waals surface area contributed by atoms with Gasteiger partial charge in [-0.3, -0.25) is 9.89 Å². The summed E-state index contributed by atoms with van der Waals surface area (Å²) in [6, 6.07) is 1.91. The smallest absolute Gasteiger partial charge is 0.227 e. The molecular weight excluding hydrogens is 376 g/mol. The molecule has 2 unspecified atom stereocenters. The summed E-state index contributed by atoms with van der Waals surface area (Å²) in [4.78, 5) is 16.2. The van der Waals surface area contributed by atoms with Crippen molar-refractivity contribution in [1.29, 1.82) is 0 Å². The Balaban J connectivity index is 1.76. The second-order valence-corrected chi connectivity index (χ2v) is 10.1. The van der Waals surface area contributed by atoms with Gasteiger partial charge in [-0.2, -0.15) is 5.10 Å². The van der Waals surface area contributed by atoms with Gasteiger partial charge in [0.05, 0.1) is 24.3 Å². The summed E-state index contributed by atoms with van der Waals surface area (Å²) in [5, 5.41) is 20.2. The fraction of sp³-hybridized carbons (Fsp3) is 0.583. The minimum absolute atomic E-state index is 0.0396. The fourth-order valence-electron chi connectivity index (χ4n) is 3.84. The van der Waals surface area contributed by atoms with Crippen molar-refractivity contribution in [1.82, 2.24) is 20.5 Å². The van der Waals surface area contributed by atoms with Gasteiger partial charge in [-0.1, -0.05) is 46.8 Å². The minimum Gasteiger partial charge on any atom is -0.394 e. The van der Waals surface area contributed by atoms with E-state index in [1.54, 1.807) is 0 Å². The quantitative estimate of drug-likeness (QED) is 0.553. The highest BCUT2D eigenvalue weighted by molar-refractivity contribution is 5.83. The van der Waals surface area contributed by atoms with E-state index in [-0.39, 0.29) is 35.8 Å². The Morgan fingerprint density at radius 1 is 1.37 bits per heavy atom. The van der Waals surface area contributed by atoms with Gasteiger partial charge in [0.15, 0.2) is 0 Å². The standard InChI is InChI=1S/C24H36N4O2/c1-14(2)21(13-29)26-23(30)17-8-7-16-11-20(25-19(16)12-17)22-18(15(3)27-28-22)9-10-24(4,5)6/h7-8,11,14,17,21,25,29H,9-10,12-13H2,1-6H3,(H,26,30)(H,27,28). The second kappa shape index (κ2) is 8.80. The maximum Gasteiger partial charge on any atom is 0.227 e. The zero-order chi connectivity index (χ0) is 22.1. The van der Waals surface area contributed by atoms with E-state index in [9.17, 15) is 9.90 Å². The van der Waals surface area contributed by atoms with Crippen LogP contribution >= 0.6 is 0 Å². The first-order valence-corrected chi connectivity index (χ1v) is 10.9. The van der Waals surface area contributed by atoms with Gasteiger partial charge in [0.2, 0.25) is 5.91 Å². The molecule has 2 atom stereocenters. The number of nitrogens with one attached hydrogen (secondary N) is 3. The molecular formula is C24H36N4O2. The van der Waals surface area contributed by atoms with Crippen molar-refractivity contribution in [2.24, 2.45) is 17.3 Å². The lowest BCUT2D eigenvalue weighted by Gasteiger charge is -2.23. The van der Waals surface area contributed by atoms with Crippen molar-refractivity contribution in [2.45, 2.75) is 66.8 Å². The van der Waals surface area contributed by atoms with E-state index in [2.05, 4.69) is 54.3 Å². The average Bonchev–Trinajstić information content (AvgIpc) is 3.25. The van der Waals surface area contributed by atoms with E-state index in [0.717, 1.165) is 41.2 Å². The molecule has 2 aromatic rings. The molecule has 6 heteroatoms. The number of amides is 1. The molecule has 6 nitrogen and oxygen atoms in total. The van der Waals surface area contributed by atoms with Gasteiger partial charge in [-0.25, -0.2) is 0 Å². The number of aliphatic hydroxyl groups is 1. The van der Waals surface area contributed by atoms with Crippen LogP contribution in [0.4, 0.5) is 0 Å². The molecule has 0 saturated heterocycles. The molecule has 0 bridgehead atoms. The molecule has 1 amide bonds. The van der Waals surface area contributed by atoms with Crippen molar-refractivity contribution in [3.05, 3.63) is 34.7 Å². The fourth-order valence-corrected chi connectivity index (χ4v) is 3.84. The molecule has 164 valence electrons. The van der Waals surface area contributed by atoms with Gasteiger partial charge < -0.3 is 15.4 Å². The first-order valence-electron chi connectivity index (χ1n) is 10.9. The first-order chi connectivity index (χ1) is 14.1. The molecule has 2 heterocycles. The second-order valence-electron chi connectivity index (χ2n) is 10.1. The van der Waals surface area contributed by atoms with Crippen LogP contribution in [0.2, 0.25) is 0 Å². The number of nitrogens with zero attached hydrogens (tertiary/aromatic N) is 1. The van der Waals surface area contributed by atoms with E-state index < -0.39 is 0 Å². The highest BCUT2D eigenvalue weighted by atomic mass is 16.3. The Kier molecular flexibility index (Phi) is 6.56. The van der Waals surface area contributed by atoms with Gasteiger partial charge in [-0.15, -0.1) is 0 Å². The summed E-state index contributed by atoms with van der Waals surface area (Å²) >= 11 is 0. The average molecular weight is 413 g/mol. The monoisotopic (exact) mass is 412 g/mol. The zero-order valence-corrected chi connectivity index (χ0v) is 19.1. The lowest BCUT2D eigenvalue weighted by atomic mass is 9.88. The van der Waals surface area contributed by atoms with Gasteiger partial charge in [0, 0.05) is 23.4 Å². The maximum atomic E-state index is 12.7. The lowest BCUT2D eigenvalue weighted by Crippen LogP contribution is -2.44. The maximum absolute atomic E-state index is 12.7. The SMILES string of the molecule is Cc1[nH]nc(-c2cc3c([nH]2)CC(C(=O)NC(CO)C(C)C)C=C3)c1CCC(C)(C)C. The highest BCUT2D eigenvalue weighted by Gasteiger charge is 2.26. The van der Waals surface area contributed by atoms with Crippen LogP contribution in [0.3, 0.4) is 0 Å². The van der Waals surface area contributed by atoms with Crippen LogP contribution in [-0.4, -0.2) is 38.8 Å². The predicted molar refractivity (Wildman–Crippen MR) is 121 cm³/mol. The van der Waals surface area contributed by atoms with Crippen LogP contribution in [0, 0.1) is 24.2 Å². The topological polar surface area (TPSA) is 93.8 Å². The van der Waals surface area contributed by atoms with Crippen LogP contribution < -0.4 is 5.32 Å². The number of aromatic nitrogens is 3. The van der Waals surface area contributed by atoms with Crippen molar-refractivity contribution in [3.63, 3.8) is 0 Å². The number of H-pyrrole nitrogens is 2. The number of hydrogen-bond acceptors (Lipinski definition) is 3. The highest BCUT2D eigenvalue weighted by Crippen LogP contribution is 2.32. The number of aliphatic hydroxyl groups excluding tert-OH is 1. The molecule has 0 spiro atoms. The Hall–Kier alpha value is -2.34. The normalized spacial score (nSPS) is 17.3. The number of aromatic amines is 2. The van der Waals surface area contributed by atoms with Gasteiger partial charge in [0.1, 0.15) is 5.69 Å².